The summed E-state index contributed by atoms with van der Waals surface area (Å²) in [4.78, 5) is 0. The van der Waals surface area contributed by atoms with Gasteiger partial charge in [0.1, 0.15) is 0 Å². The normalized spacial score (nSPS) is 34.2. The topological polar surface area (TPSA) is 41.5 Å². The smallest absolute Gasteiger partial charge is 0.0670 e. The molecule has 1 rings (SSSR count). The molecular weight excluding hydrogens is 130 g/mol. The van der Waals surface area contributed by atoms with Crippen LogP contribution < -0.4 is 5.32 Å². The molecule has 3 nitrogen and oxygen atoms in total. The molecule has 1 heterocycles. The maximum absolute atomic E-state index is 9.00. The summed E-state index contributed by atoms with van der Waals surface area (Å²) in [6, 6.07) is 0. The van der Waals surface area contributed by atoms with Gasteiger partial charge in [0.25, 0.3) is 0 Å². The van der Waals surface area contributed by atoms with Gasteiger partial charge in [0.15, 0.2) is 0 Å². The monoisotopic (exact) mass is 145 g/mol. The lowest BCUT2D eigenvalue weighted by Gasteiger charge is -2.34. The molecule has 0 aliphatic carbocycles. The lowest BCUT2D eigenvalue weighted by molar-refractivity contribution is -0.00351. The Morgan fingerprint density at radius 1 is 1.70 bits per heavy atom. The predicted octanol–water partition coefficient (Wildman–Crippen LogP) is -0.253. The van der Waals surface area contributed by atoms with Gasteiger partial charge in [-0.05, 0) is 19.9 Å². The zero-order valence-corrected chi connectivity index (χ0v) is 6.39. The Bertz CT molecular complexity index is 93.8. The number of aliphatic hydroxyl groups is 1. The van der Waals surface area contributed by atoms with Gasteiger partial charge in [-0.3, -0.25) is 0 Å². The molecule has 10 heavy (non-hydrogen) atoms. The van der Waals surface area contributed by atoms with E-state index in [9.17, 15) is 0 Å². The third kappa shape index (κ3) is 1.48. The van der Waals surface area contributed by atoms with E-state index in [0.717, 1.165) is 19.4 Å². The molecule has 0 aromatic carbocycles. The van der Waals surface area contributed by atoms with Crippen molar-refractivity contribution in [2.45, 2.75) is 18.4 Å². The molecule has 1 aliphatic heterocycles. The molecule has 1 atom stereocenters. The van der Waals surface area contributed by atoms with E-state index in [1.54, 1.807) is 0 Å². The standard InChI is InChI=1S/C7H15NO2/c1-8-7(5-9)3-2-4-10-6-7/h8-9H,2-6H2,1H3. The molecule has 2 N–H and O–H groups in total. The quantitative estimate of drug-likeness (QED) is 0.563. The highest BCUT2D eigenvalue weighted by atomic mass is 16.5. The Balaban J connectivity index is 2.44. The van der Waals surface area contributed by atoms with Crippen molar-refractivity contribution >= 4 is 0 Å². The van der Waals surface area contributed by atoms with Crippen molar-refractivity contribution in [1.82, 2.24) is 5.32 Å². The number of aliphatic hydroxyl groups excluding tert-OH is 1. The van der Waals surface area contributed by atoms with Crippen LogP contribution in [0.2, 0.25) is 0 Å². The van der Waals surface area contributed by atoms with Crippen molar-refractivity contribution in [1.29, 1.82) is 0 Å². The van der Waals surface area contributed by atoms with Crippen LogP contribution in [0.1, 0.15) is 12.8 Å². The minimum atomic E-state index is -0.155. The predicted molar refractivity (Wildman–Crippen MR) is 38.9 cm³/mol. The number of hydrogen-bond acceptors (Lipinski definition) is 3. The first kappa shape index (κ1) is 7.98. The number of likely N-dealkylation sites (N-methyl/N-ethyl adjacent to an activating group) is 1. The third-order valence-electron chi connectivity index (χ3n) is 2.16. The van der Waals surface area contributed by atoms with E-state index in [-0.39, 0.29) is 12.1 Å². The fourth-order valence-electron chi connectivity index (χ4n) is 1.25. The van der Waals surface area contributed by atoms with Crippen LogP contribution >= 0.6 is 0 Å². The van der Waals surface area contributed by atoms with E-state index in [1.165, 1.54) is 0 Å². The maximum atomic E-state index is 9.00. The van der Waals surface area contributed by atoms with E-state index in [0.29, 0.717) is 6.61 Å². The molecule has 0 spiro atoms. The summed E-state index contributed by atoms with van der Waals surface area (Å²) in [6.07, 6.45) is 2.06. The summed E-state index contributed by atoms with van der Waals surface area (Å²) in [7, 11) is 1.87. The molecule has 0 radical (unpaired) electrons. The molecule has 1 aliphatic rings. The summed E-state index contributed by atoms with van der Waals surface area (Å²) in [5.41, 5.74) is -0.155. The average molecular weight is 145 g/mol. The van der Waals surface area contributed by atoms with Gasteiger partial charge in [-0.2, -0.15) is 0 Å². The highest BCUT2D eigenvalue weighted by Crippen LogP contribution is 2.17. The van der Waals surface area contributed by atoms with Crippen molar-refractivity contribution in [2.75, 3.05) is 26.9 Å². The van der Waals surface area contributed by atoms with Gasteiger partial charge in [-0.25, -0.2) is 0 Å². The van der Waals surface area contributed by atoms with Crippen LogP contribution in [0.4, 0.5) is 0 Å². The zero-order valence-electron chi connectivity index (χ0n) is 6.39. The molecule has 0 aromatic rings. The van der Waals surface area contributed by atoms with Crippen LogP contribution in [0.3, 0.4) is 0 Å². The van der Waals surface area contributed by atoms with E-state index in [2.05, 4.69) is 5.32 Å². The average Bonchev–Trinajstić information content (AvgIpc) is 2.06. The van der Waals surface area contributed by atoms with Crippen LogP contribution in [0.15, 0.2) is 0 Å². The van der Waals surface area contributed by atoms with E-state index in [1.807, 2.05) is 7.05 Å². The van der Waals surface area contributed by atoms with Crippen molar-refractivity contribution < 1.29 is 9.84 Å². The van der Waals surface area contributed by atoms with Crippen LogP contribution in [-0.2, 0) is 4.74 Å². The van der Waals surface area contributed by atoms with Gasteiger partial charge < -0.3 is 15.2 Å². The largest absolute Gasteiger partial charge is 0.394 e. The summed E-state index contributed by atoms with van der Waals surface area (Å²) >= 11 is 0. The van der Waals surface area contributed by atoms with Gasteiger partial charge in [-0.15, -0.1) is 0 Å². The lowest BCUT2D eigenvalue weighted by Crippen LogP contribution is -2.52. The molecule has 1 saturated heterocycles. The van der Waals surface area contributed by atoms with Gasteiger partial charge >= 0.3 is 0 Å². The molecule has 1 unspecified atom stereocenters. The summed E-state index contributed by atoms with van der Waals surface area (Å²) < 4.78 is 5.24. The fraction of sp³-hybridized carbons (Fsp3) is 1.00. The Morgan fingerprint density at radius 2 is 2.50 bits per heavy atom. The number of ether oxygens (including phenoxy) is 1. The third-order valence-corrected chi connectivity index (χ3v) is 2.16. The Morgan fingerprint density at radius 3 is 2.80 bits per heavy atom. The second kappa shape index (κ2) is 3.32. The Hall–Kier alpha value is -0.120. The van der Waals surface area contributed by atoms with Crippen LogP contribution in [0, 0.1) is 0 Å². The minimum Gasteiger partial charge on any atom is -0.394 e. The van der Waals surface area contributed by atoms with Gasteiger partial charge in [-0.1, -0.05) is 0 Å². The number of rotatable bonds is 2. The maximum Gasteiger partial charge on any atom is 0.0670 e. The highest BCUT2D eigenvalue weighted by molar-refractivity contribution is 4.87. The zero-order chi connectivity index (χ0) is 7.45. The second-order valence-electron chi connectivity index (χ2n) is 2.84. The van der Waals surface area contributed by atoms with Crippen LogP contribution in [-0.4, -0.2) is 37.5 Å². The molecule has 3 heteroatoms. The summed E-state index contributed by atoms with van der Waals surface area (Å²) in [5.74, 6) is 0. The van der Waals surface area contributed by atoms with Gasteiger partial charge in [0.05, 0.1) is 18.8 Å². The molecule has 60 valence electrons. The second-order valence-corrected chi connectivity index (χ2v) is 2.84. The summed E-state index contributed by atoms with van der Waals surface area (Å²) in [5, 5.41) is 12.1. The van der Waals surface area contributed by atoms with Crippen molar-refractivity contribution in [3.05, 3.63) is 0 Å². The number of nitrogens with one attached hydrogen (secondary N) is 1. The minimum absolute atomic E-state index is 0.155. The first-order valence-electron chi connectivity index (χ1n) is 3.70. The van der Waals surface area contributed by atoms with E-state index < -0.39 is 0 Å². The molecule has 0 aromatic heterocycles. The van der Waals surface area contributed by atoms with E-state index >= 15 is 0 Å². The molecule has 0 saturated carbocycles. The summed E-state index contributed by atoms with van der Waals surface area (Å²) in [6.45, 7) is 1.65. The first-order chi connectivity index (χ1) is 4.83. The van der Waals surface area contributed by atoms with Crippen LogP contribution in [0.25, 0.3) is 0 Å². The molecule has 0 amide bonds. The van der Waals surface area contributed by atoms with E-state index in [4.69, 9.17) is 9.84 Å². The number of hydrogen-bond donors (Lipinski definition) is 2. The van der Waals surface area contributed by atoms with Crippen molar-refractivity contribution in [3.8, 4) is 0 Å². The SMILES string of the molecule is CNC1(CO)CCCOC1. The molecule has 0 bridgehead atoms. The van der Waals surface area contributed by atoms with Crippen molar-refractivity contribution in [3.63, 3.8) is 0 Å². The van der Waals surface area contributed by atoms with Gasteiger partial charge in [0, 0.05) is 6.61 Å². The first-order valence-corrected chi connectivity index (χ1v) is 3.70. The van der Waals surface area contributed by atoms with Gasteiger partial charge in [0.2, 0.25) is 0 Å². The fourth-order valence-corrected chi connectivity index (χ4v) is 1.25. The van der Waals surface area contributed by atoms with Crippen molar-refractivity contribution in [2.24, 2.45) is 0 Å². The Labute approximate surface area is 61.4 Å². The molecular formula is C7H15NO2. The highest BCUT2D eigenvalue weighted by Gasteiger charge is 2.29. The van der Waals surface area contributed by atoms with Crippen LogP contribution in [0.5, 0.6) is 0 Å². The molecule has 1 fully saturated rings. The lowest BCUT2D eigenvalue weighted by atomic mass is 9.94. The Kier molecular flexibility index (Phi) is 2.65.